The van der Waals surface area contributed by atoms with Gasteiger partial charge in [0, 0.05) is 12.8 Å². The topological polar surface area (TPSA) is 108 Å². The maximum atomic E-state index is 12.9. The van der Waals surface area contributed by atoms with Crippen molar-refractivity contribution in [3.05, 3.63) is 134 Å². The molecule has 0 radical (unpaired) electrons. The summed E-state index contributed by atoms with van der Waals surface area (Å²) >= 11 is 0. The number of esters is 2. The Morgan fingerprint density at radius 1 is 0.397 bits per heavy atom. The number of likely N-dealkylation sites (N-methyl/N-ethyl adjacent to an activating group) is 1. The van der Waals surface area contributed by atoms with Crippen LogP contribution in [0.1, 0.15) is 226 Å². The molecule has 0 fully saturated rings. The summed E-state index contributed by atoms with van der Waals surface area (Å²) in [6, 6.07) is 0. The number of rotatable bonds is 55. The van der Waals surface area contributed by atoms with Gasteiger partial charge >= 0.3 is 17.9 Å². The molecule has 442 valence electrons. The van der Waals surface area contributed by atoms with E-state index in [0.29, 0.717) is 17.4 Å². The Labute approximate surface area is 478 Å². The van der Waals surface area contributed by atoms with Crippen LogP contribution >= 0.6 is 0 Å². The Hall–Kier alpha value is -4.57. The van der Waals surface area contributed by atoms with Crippen LogP contribution in [0.3, 0.4) is 0 Å². The highest BCUT2D eigenvalue weighted by Gasteiger charge is 2.25. The molecule has 9 nitrogen and oxygen atoms in total. The number of carbonyl (C=O) groups is 3. The normalized spacial score (nSPS) is 13.7. The second-order valence-corrected chi connectivity index (χ2v) is 21.3. The average Bonchev–Trinajstić information content (AvgIpc) is 3.41. The predicted molar refractivity (Wildman–Crippen MR) is 331 cm³/mol. The fourth-order valence-corrected chi connectivity index (χ4v) is 7.90. The number of hydrogen-bond donors (Lipinski definition) is 1. The number of ether oxygens (including phenoxy) is 4. The van der Waals surface area contributed by atoms with Crippen molar-refractivity contribution in [1.82, 2.24) is 0 Å². The van der Waals surface area contributed by atoms with Crippen LogP contribution in [0.2, 0.25) is 0 Å². The molecule has 0 aliphatic carbocycles. The van der Waals surface area contributed by atoms with Gasteiger partial charge in [0.2, 0.25) is 0 Å². The SMILES string of the molecule is CC/C=C\C/C=C\C/C=C\C/C=C\C/C=C\C/C=C\C/C=C\C/C=C\C/C=C\CCCCCCCCCCCCCC(=O)OC(COC(=O)CCCCCCC/C=C\C/C=C\CCCC)COC(OCC[N+](C)(C)C)C(=O)O. The van der Waals surface area contributed by atoms with Gasteiger partial charge in [0.25, 0.3) is 6.29 Å². The van der Waals surface area contributed by atoms with Gasteiger partial charge in [0.1, 0.15) is 13.2 Å². The molecule has 2 atom stereocenters. The van der Waals surface area contributed by atoms with Crippen molar-refractivity contribution in [3.8, 4) is 0 Å². The smallest absolute Gasteiger partial charge is 0.361 e. The molecule has 0 aliphatic rings. The van der Waals surface area contributed by atoms with E-state index in [1.807, 2.05) is 21.1 Å². The van der Waals surface area contributed by atoms with Crippen molar-refractivity contribution in [2.24, 2.45) is 0 Å². The minimum absolute atomic E-state index is 0.179. The zero-order chi connectivity index (χ0) is 56.9. The zero-order valence-corrected chi connectivity index (χ0v) is 50.3. The third-order valence-electron chi connectivity index (χ3n) is 12.6. The van der Waals surface area contributed by atoms with E-state index in [0.717, 1.165) is 135 Å². The van der Waals surface area contributed by atoms with Crippen molar-refractivity contribution in [3.63, 3.8) is 0 Å². The number of carboxylic acids is 1. The van der Waals surface area contributed by atoms with Crippen LogP contribution in [0.15, 0.2) is 134 Å². The number of hydrogen-bond acceptors (Lipinski definition) is 7. The summed E-state index contributed by atoms with van der Waals surface area (Å²) in [5.74, 6) is -2.04. The highest BCUT2D eigenvalue weighted by Crippen LogP contribution is 2.15. The van der Waals surface area contributed by atoms with Crippen LogP contribution in [0.5, 0.6) is 0 Å². The Morgan fingerprint density at radius 2 is 0.731 bits per heavy atom. The molecule has 0 amide bonds. The van der Waals surface area contributed by atoms with E-state index in [-0.39, 0.29) is 38.6 Å². The fourth-order valence-electron chi connectivity index (χ4n) is 7.90. The van der Waals surface area contributed by atoms with Gasteiger partial charge in [-0.15, -0.1) is 0 Å². The van der Waals surface area contributed by atoms with Crippen LogP contribution in [-0.2, 0) is 33.3 Å². The number of quaternary nitrogens is 1. The highest BCUT2D eigenvalue weighted by molar-refractivity contribution is 5.71. The molecule has 1 N–H and O–H groups in total. The van der Waals surface area contributed by atoms with Crippen LogP contribution in [0, 0.1) is 0 Å². The van der Waals surface area contributed by atoms with Crippen LogP contribution in [0.4, 0.5) is 0 Å². The molecule has 0 spiro atoms. The number of allylic oxidation sites excluding steroid dienone is 22. The van der Waals surface area contributed by atoms with Gasteiger partial charge in [0.15, 0.2) is 6.10 Å². The minimum Gasteiger partial charge on any atom is -0.477 e. The van der Waals surface area contributed by atoms with E-state index in [1.54, 1.807) is 0 Å². The highest BCUT2D eigenvalue weighted by atomic mass is 16.7. The Kier molecular flexibility index (Phi) is 55.1. The van der Waals surface area contributed by atoms with E-state index in [9.17, 15) is 19.5 Å². The van der Waals surface area contributed by atoms with Crippen molar-refractivity contribution in [2.75, 3.05) is 47.5 Å². The van der Waals surface area contributed by atoms with Crippen LogP contribution in [0.25, 0.3) is 0 Å². The van der Waals surface area contributed by atoms with Crippen LogP contribution in [-0.4, -0.2) is 87.4 Å². The lowest BCUT2D eigenvalue weighted by molar-refractivity contribution is -0.870. The number of carboxylic acid groups (broad SMARTS) is 1. The number of aliphatic carboxylic acids is 1. The molecule has 2 unspecified atom stereocenters. The largest absolute Gasteiger partial charge is 0.477 e. The molecular formula is C69H114NO8+. The second-order valence-electron chi connectivity index (χ2n) is 21.3. The second kappa shape index (κ2) is 58.6. The lowest BCUT2D eigenvalue weighted by Crippen LogP contribution is -2.40. The number of unbranched alkanes of at least 4 members (excludes halogenated alkanes) is 18. The number of carbonyl (C=O) groups excluding carboxylic acids is 2. The summed E-state index contributed by atoms with van der Waals surface area (Å²) in [4.78, 5) is 37.4. The summed E-state index contributed by atoms with van der Waals surface area (Å²) in [7, 11) is 5.95. The molecule has 0 aliphatic heterocycles. The molecule has 0 aromatic heterocycles. The van der Waals surface area contributed by atoms with Gasteiger partial charge in [-0.2, -0.15) is 0 Å². The first-order valence-corrected chi connectivity index (χ1v) is 30.8. The molecule has 0 bridgehead atoms. The lowest BCUT2D eigenvalue weighted by atomic mass is 10.0. The first-order chi connectivity index (χ1) is 38.1. The maximum Gasteiger partial charge on any atom is 0.361 e. The Balaban J connectivity index is 4.14. The Morgan fingerprint density at radius 3 is 1.09 bits per heavy atom. The average molecular weight is 1090 g/mol. The minimum atomic E-state index is -1.52. The predicted octanol–water partition coefficient (Wildman–Crippen LogP) is 18.6. The molecule has 0 saturated heterocycles. The maximum absolute atomic E-state index is 12.9. The van der Waals surface area contributed by atoms with E-state index >= 15 is 0 Å². The lowest BCUT2D eigenvalue weighted by Gasteiger charge is -2.25. The summed E-state index contributed by atoms with van der Waals surface area (Å²) in [5, 5.41) is 9.70. The third kappa shape index (κ3) is 59.1. The molecular weight excluding hydrogens is 971 g/mol. The van der Waals surface area contributed by atoms with Crippen molar-refractivity contribution >= 4 is 17.9 Å². The van der Waals surface area contributed by atoms with Gasteiger partial charge in [-0.3, -0.25) is 9.59 Å². The first-order valence-electron chi connectivity index (χ1n) is 30.8. The standard InChI is InChI=1S/C69H113NO8/c1-6-8-10-12-14-16-18-20-22-23-24-25-26-27-28-29-30-31-32-33-34-35-36-37-38-39-40-41-42-43-44-45-46-48-50-52-54-56-58-60-67(72)78-65(64-77-69(68(73)74)75-62-61-70(3,4)5)63-76-66(71)59-57-55-53-51-49-47-21-19-17-15-13-11-9-7-2/h8,10,13-16,19-22,24-25,27-28,30-31,33-34,36-37,39-40,65,69H,6-7,9,11-12,17-18,23,26,29,32,35,38,41-64H2,1-5H3/p+1/b10-8-,15-13-,16-14-,21-19-,22-20-,25-24-,28-27-,31-30-,34-33-,37-36-,40-39-. The molecule has 0 aromatic carbocycles. The zero-order valence-electron chi connectivity index (χ0n) is 50.3. The Bertz CT molecular complexity index is 1740. The summed E-state index contributed by atoms with van der Waals surface area (Å²) in [6.45, 7) is 4.68. The van der Waals surface area contributed by atoms with E-state index in [1.165, 1.54) is 57.8 Å². The summed E-state index contributed by atoms with van der Waals surface area (Å²) in [5.41, 5.74) is 0. The first kappa shape index (κ1) is 73.4. The van der Waals surface area contributed by atoms with Gasteiger partial charge < -0.3 is 28.5 Å². The van der Waals surface area contributed by atoms with Crippen molar-refractivity contribution < 1.29 is 42.9 Å². The van der Waals surface area contributed by atoms with Gasteiger partial charge in [-0.05, 0) is 109 Å². The molecule has 0 aromatic rings. The molecule has 0 heterocycles. The molecule has 9 heteroatoms. The third-order valence-corrected chi connectivity index (χ3v) is 12.6. The van der Waals surface area contributed by atoms with Gasteiger partial charge in [0.05, 0.1) is 34.4 Å². The monoisotopic (exact) mass is 1080 g/mol. The van der Waals surface area contributed by atoms with Crippen molar-refractivity contribution in [2.45, 2.75) is 238 Å². The van der Waals surface area contributed by atoms with Gasteiger partial charge in [-0.25, -0.2) is 4.79 Å². The molecule has 0 saturated carbocycles. The van der Waals surface area contributed by atoms with E-state index < -0.39 is 24.3 Å². The van der Waals surface area contributed by atoms with Crippen LogP contribution < -0.4 is 0 Å². The van der Waals surface area contributed by atoms with Crippen molar-refractivity contribution in [1.29, 1.82) is 0 Å². The fraction of sp³-hybridized carbons (Fsp3) is 0.638. The quantitative estimate of drug-likeness (QED) is 0.0211. The molecule has 0 rings (SSSR count). The van der Waals surface area contributed by atoms with E-state index in [2.05, 4.69) is 148 Å². The molecule has 78 heavy (non-hydrogen) atoms. The van der Waals surface area contributed by atoms with E-state index in [4.69, 9.17) is 18.9 Å². The summed E-state index contributed by atoms with van der Waals surface area (Å²) < 4.78 is 22.8. The summed E-state index contributed by atoms with van der Waals surface area (Å²) in [6.07, 6.45) is 81.2. The van der Waals surface area contributed by atoms with Gasteiger partial charge in [-0.1, -0.05) is 237 Å². The number of nitrogens with zero attached hydrogens (tertiary/aromatic N) is 1.